The number of pyridine rings is 1. The highest BCUT2D eigenvalue weighted by Gasteiger charge is 2.19. The van der Waals surface area contributed by atoms with Crippen molar-refractivity contribution in [3.8, 4) is 22.8 Å². The molecule has 0 aliphatic heterocycles. The molecule has 9 heteroatoms. The number of thiophene rings is 1. The van der Waals surface area contributed by atoms with Crippen molar-refractivity contribution in [1.29, 1.82) is 0 Å². The van der Waals surface area contributed by atoms with Crippen molar-refractivity contribution < 1.29 is 14.3 Å². The molecule has 0 saturated heterocycles. The zero-order valence-electron chi connectivity index (χ0n) is 18.3. The fourth-order valence-electron chi connectivity index (χ4n) is 3.35. The van der Waals surface area contributed by atoms with Crippen LogP contribution in [0.15, 0.2) is 35.7 Å². The predicted octanol–water partition coefficient (Wildman–Crippen LogP) is 5.47. The average molecular weight is 469 g/mol. The fourth-order valence-corrected chi connectivity index (χ4v) is 5.07. The number of carbonyl (C=O) groups is 1. The van der Waals surface area contributed by atoms with Crippen LogP contribution in [0.2, 0.25) is 0 Å². The first kappa shape index (κ1) is 22.0. The first-order valence-electron chi connectivity index (χ1n) is 10.1. The summed E-state index contributed by atoms with van der Waals surface area (Å²) in [7, 11) is 3.18. The third-order valence-electron chi connectivity index (χ3n) is 4.88. The maximum Gasteiger partial charge on any atom is 0.269 e. The number of fused-ring (bicyclic) bond motifs is 1. The number of thiazole rings is 1. The van der Waals surface area contributed by atoms with Crippen LogP contribution in [0, 0.1) is 5.92 Å². The Morgan fingerprint density at radius 2 is 1.91 bits per heavy atom. The second kappa shape index (κ2) is 9.13. The molecule has 7 nitrogen and oxygen atoms in total. The molecule has 0 unspecified atom stereocenters. The van der Waals surface area contributed by atoms with Gasteiger partial charge in [-0.05, 0) is 42.7 Å². The summed E-state index contributed by atoms with van der Waals surface area (Å²) in [5.41, 5.74) is 9.31. The molecule has 4 aromatic rings. The molecule has 3 aromatic heterocycles. The molecule has 4 rings (SSSR count). The third kappa shape index (κ3) is 4.39. The van der Waals surface area contributed by atoms with Crippen molar-refractivity contribution in [1.82, 2.24) is 9.97 Å². The lowest BCUT2D eigenvalue weighted by Crippen LogP contribution is -2.11. The zero-order valence-corrected chi connectivity index (χ0v) is 19.9. The first-order chi connectivity index (χ1) is 15.4. The zero-order chi connectivity index (χ0) is 22.8. The van der Waals surface area contributed by atoms with Crippen LogP contribution < -0.4 is 20.5 Å². The molecule has 3 heterocycles. The maximum absolute atomic E-state index is 12.9. The van der Waals surface area contributed by atoms with E-state index in [1.54, 1.807) is 14.2 Å². The standard InChI is InChI=1S/C23H24N4O3S2/c1-12(2)9-14-6-7-15-19(24)20(32-22(15)25-14)21(28)27-23-26-16(11-31-23)13-5-8-17(29-3)18(10-13)30-4/h5-8,10-12H,9,24H2,1-4H3,(H,26,27,28). The number of nitrogens with two attached hydrogens (primary N) is 1. The summed E-state index contributed by atoms with van der Waals surface area (Å²) >= 11 is 2.65. The van der Waals surface area contributed by atoms with Crippen LogP contribution in [0.25, 0.3) is 21.5 Å². The summed E-state index contributed by atoms with van der Waals surface area (Å²) in [5, 5.41) is 6.04. The molecular weight excluding hydrogens is 444 g/mol. The molecule has 1 amide bonds. The summed E-state index contributed by atoms with van der Waals surface area (Å²) in [5.74, 6) is 1.48. The van der Waals surface area contributed by atoms with E-state index in [9.17, 15) is 4.79 Å². The molecule has 0 bridgehead atoms. The van der Waals surface area contributed by atoms with Gasteiger partial charge < -0.3 is 15.2 Å². The molecule has 166 valence electrons. The van der Waals surface area contributed by atoms with E-state index in [1.165, 1.54) is 22.7 Å². The largest absolute Gasteiger partial charge is 0.493 e. The molecule has 0 radical (unpaired) electrons. The fraction of sp³-hybridized carbons (Fsp3) is 0.261. The van der Waals surface area contributed by atoms with E-state index in [1.807, 2.05) is 35.7 Å². The van der Waals surface area contributed by atoms with E-state index in [0.717, 1.165) is 33.6 Å². The Morgan fingerprint density at radius 3 is 2.62 bits per heavy atom. The number of nitrogen functional groups attached to an aromatic ring is 1. The van der Waals surface area contributed by atoms with Crippen molar-refractivity contribution >= 4 is 49.6 Å². The van der Waals surface area contributed by atoms with Gasteiger partial charge in [0.25, 0.3) is 5.91 Å². The Bertz CT molecular complexity index is 1280. The smallest absolute Gasteiger partial charge is 0.269 e. The molecule has 1 aromatic carbocycles. The molecule has 0 aliphatic rings. The Labute approximate surface area is 194 Å². The summed E-state index contributed by atoms with van der Waals surface area (Å²) in [6.45, 7) is 4.30. The lowest BCUT2D eigenvalue weighted by atomic mass is 10.1. The van der Waals surface area contributed by atoms with Gasteiger partial charge in [0.05, 0.1) is 25.6 Å². The summed E-state index contributed by atoms with van der Waals surface area (Å²) in [6, 6.07) is 9.49. The predicted molar refractivity (Wildman–Crippen MR) is 131 cm³/mol. The number of aromatic nitrogens is 2. The number of nitrogens with zero attached hydrogens (tertiary/aromatic N) is 2. The van der Waals surface area contributed by atoms with E-state index in [4.69, 9.17) is 15.2 Å². The lowest BCUT2D eigenvalue weighted by Gasteiger charge is -2.08. The number of rotatable bonds is 7. The molecule has 3 N–H and O–H groups in total. The van der Waals surface area contributed by atoms with Crippen molar-refractivity contribution in [2.24, 2.45) is 5.92 Å². The average Bonchev–Trinajstić information content (AvgIpc) is 3.37. The van der Waals surface area contributed by atoms with Crippen molar-refractivity contribution in [2.45, 2.75) is 20.3 Å². The van der Waals surface area contributed by atoms with Crippen LogP contribution in [0.3, 0.4) is 0 Å². The van der Waals surface area contributed by atoms with Gasteiger partial charge in [-0.2, -0.15) is 0 Å². The summed E-state index contributed by atoms with van der Waals surface area (Å²) < 4.78 is 10.6. The first-order valence-corrected chi connectivity index (χ1v) is 11.8. The molecule has 0 atom stereocenters. The normalized spacial score (nSPS) is 11.2. The highest BCUT2D eigenvalue weighted by molar-refractivity contribution is 7.21. The minimum absolute atomic E-state index is 0.288. The molecule has 0 fully saturated rings. The summed E-state index contributed by atoms with van der Waals surface area (Å²) in [4.78, 5) is 23.4. The number of amides is 1. The number of methoxy groups -OCH3 is 2. The Balaban J connectivity index is 1.55. The maximum atomic E-state index is 12.9. The second-order valence-electron chi connectivity index (χ2n) is 7.66. The van der Waals surface area contributed by atoms with Gasteiger partial charge in [0, 0.05) is 22.0 Å². The van der Waals surface area contributed by atoms with Crippen molar-refractivity contribution in [3.05, 3.63) is 46.3 Å². The van der Waals surface area contributed by atoms with E-state index in [-0.39, 0.29) is 5.91 Å². The quantitative estimate of drug-likeness (QED) is 0.373. The monoisotopic (exact) mass is 468 g/mol. The number of nitrogens with one attached hydrogen (secondary N) is 1. The van der Waals surface area contributed by atoms with Crippen LogP contribution in [0.4, 0.5) is 10.8 Å². The topological polar surface area (TPSA) is 99.4 Å². The number of ether oxygens (including phenoxy) is 2. The van der Waals surface area contributed by atoms with Gasteiger partial charge >= 0.3 is 0 Å². The molecule has 0 spiro atoms. The number of benzene rings is 1. The van der Waals surface area contributed by atoms with Crippen molar-refractivity contribution in [3.63, 3.8) is 0 Å². The number of anilines is 2. The van der Waals surface area contributed by atoms with Gasteiger partial charge in [-0.3, -0.25) is 10.1 Å². The molecule has 0 saturated carbocycles. The minimum Gasteiger partial charge on any atom is -0.493 e. The Hall–Kier alpha value is -3.17. The Kier molecular flexibility index (Phi) is 6.29. The van der Waals surface area contributed by atoms with E-state index in [0.29, 0.717) is 33.1 Å². The van der Waals surface area contributed by atoms with Crippen molar-refractivity contribution in [2.75, 3.05) is 25.3 Å². The van der Waals surface area contributed by atoms with Gasteiger partial charge in [0.15, 0.2) is 16.6 Å². The highest BCUT2D eigenvalue weighted by atomic mass is 32.1. The molecule has 0 aliphatic carbocycles. The van der Waals surface area contributed by atoms with Gasteiger partial charge in [-0.15, -0.1) is 22.7 Å². The second-order valence-corrected chi connectivity index (χ2v) is 9.52. The van der Waals surface area contributed by atoms with Gasteiger partial charge in [-0.1, -0.05) is 13.8 Å². The van der Waals surface area contributed by atoms with Crippen LogP contribution in [-0.4, -0.2) is 30.1 Å². The van der Waals surface area contributed by atoms with Crippen LogP contribution in [0.1, 0.15) is 29.2 Å². The minimum atomic E-state index is -0.288. The van der Waals surface area contributed by atoms with E-state index in [2.05, 4.69) is 29.1 Å². The highest BCUT2D eigenvalue weighted by Crippen LogP contribution is 2.35. The van der Waals surface area contributed by atoms with Crippen LogP contribution >= 0.6 is 22.7 Å². The third-order valence-corrected chi connectivity index (χ3v) is 6.75. The summed E-state index contributed by atoms with van der Waals surface area (Å²) in [6.07, 6.45) is 0.882. The molecular formula is C23H24N4O3S2. The number of carbonyl (C=O) groups excluding carboxylic acids is 1. The van der Waals surface area contributed by atoms with E-state index < -0.39 is 0 Å². The van der Waals surface area contributed by atoms with Gasteiger partial charge in [0.2, 0.25) is 0 Å². The number of hydrogen-bond donors (Lipinski definition) is 2. The van der Waals surface area contributed by atoms with Crippen LogP contribution in [-0.2, 0) is 6.42 Å². The Morgan fingerprint density at radius 1 is 1.12 bits per heavy atom. The van der Waals surface area contributed by atoms with E-state index >= 15 is 0 Å². The van der Waals surface area contributed by atoms with Gasteiger partial charge in [0.1, 0.15) is 9.71 Å². The lowest BCUT2D eigenvalue weighted by molar-refractivity contribution is 0.103. The SMILES string of the molecule is COc1ccc(-c2csc(NC(=O)c3sc4nc(CC(C)C)ccc4c3N)n2)cc1OC. The molecule has 32 heavy (non-hydrogen) atoms. The van der Waals surface area contributed by atoms with Crippen LogP contribution in [0.5, 0.6) is 11.5 Å². The number of hydrogen-bond acceptors (Lipinski definition) is 8. The van der Waals surface area contributed by atoms with Gasteiger partial charge in [-0.25, -0.2) is 9.97 Å².